The van der Waals surface area contributed by atoms with Gasteiger partial charge >= 0.3 is 0 Å². The minimum atomic E-state index is -0.315. The summed E-state index contributed by atoms with van der Waals surface area (Å²) in [6.45, 7) is 14.1. The highest BCUT2D eigenvalue weighted by atomic mass is 16.7. The van der Waals surface area contributed by atoms with E-state index in [1.807, 2.05) is 20.8 Å². The smallest absolute Gasteiger partial charge is 0.165 e. The first-order valence-electron chi connectivity index (χ1n) is 5.75. The van der Waals surface area contributed by atoms with Gasteiger partial charge in [-0.15, -0.1) is 0 Å². The molecule has 0 bridgehead atoms. The third kappa shape index (κ3) is 4.43. The van der Waals surface area contributed by atoms with Crippen molar-refractivity contribution in [3.8, 4) is 0 Å². The van der Waals surface area contributed by atoms with Gasteiger partial charge in [0.15, 0.2) is 5.79 Å². The molecule has 0 N–H and O–H groups in total. The first kappa shape index (κ1) is 13.9. The van der Waals surface area contributed by atoms with Crippen molar-refractivity contribution < 1.29 is 9.47 Å². The Morgan fingerprint density at radius 2 is 1.43 bits per heavy atom. The maximum atomic E-state index is 5.70. The zero-order chi connectivity index (χ0) is 11.2. The minimum absolute atomic E-state index is 0.188. The number of hydrogen-bond acceptors (Lipinski definition) is 2. The van der Waals surface area contributed by atoms with Gasteiger partial charge in [-0.3, -0.25) is 0 Å². The number of ether oxygens (including phenoxy) is 2. The van der Waals surface area contributed by atoms with Crippen LogP contribution in [0.25, 0.3) is 0 Å². The molecule has 1 fully saturated rings. The molecule has 1 saturated heterocycles. The van der Waals surface area contributed by atoms with Gasteiger partial charge in [0.25, 0.3) is 0 Å². The van der Waals surface area contributed by atoms with Crippen LogP contribution in [-0.4, -0.2) is 19.0 Å². The summed E-state index contributed by atoms with van der Waals surface area (Å²) in [6.07, 6.45) is 2.10. The SMILES string of the molecule is CC.CCCC1(C)OCC(C)(C)CO1. The van der Waals surface area contributed by atoms with E-state index in [9.17, 15) is 0 Å². The van der Waals surface area contributed by atoms with E-state index in [0.717, 1.165) is 26.1 Å². The Labute approximate surface area is 89.0 Å². The Bertz CT molecular complexity index is 142. The molecule has 0 aromatic rings. The number of hydrogen-bond donors (Lipinski definition) is 0. The largest absolute Gasteiger partial charge is 0.350 e. The zero-order valence-corrected chi connectivity index (χ0v) is 10.6. The third-order valence-corrected chi connectivity index (χ3v) is 2.24. The van der Waals surface area contributed by atoms with Gasteiger partial charge < -0.3 is 9.47 Å². The fraction of sp³-hybridized carbons (Fsp3) is 1.00. The van der Waals surface area contributed by atoms with Crippen LogP contribution in [-0.2, 0) is 9.47 Å². The van der Waals surface area contributed by atoms with Crippen LogP contribution >= 0.6 is 0 Å². The first-order chi connectivity index (χ1) is 6.47. The maximum absolute atomic E-state index is 5.70. The molecule has 14 heavy (non-hydrogen) atoms. The molecule has 0 atom stereocenters. The van der Waals surface area contributed by atoms with E-state index in [0.29, 0.717) is 0 Å². The lowest BCUT2D eigenvalue weighted by atomic mass is 9.94. The molecule has 1 aliphatic rings. The molecule has 0 aromatic heterocycles. The molecule has 0 spiro atoms. The standard InChI is InChI=1S/C10H20O2.C2H6/c1-5-6-10(4)11-7-9(2,3)8-12-10;1-2/h5-8H2,1-4H3;1-2H3. The minimum Gasteiger partial charge on any atom is -0.350 e. The molecule has 2 nitrogen and oxygen atoms in total. The predicted octanol–water partition coefficient (Wildman–Crippen LogP) is 3.60. The lowest BCUT2D eigenvalue weighted by Crippen LogP contribution is -2.45. The molecule has 1 heterocycles. The normalized spacial score (nSPS) is 23.6. The Morgan fingerprint density at radius 3 is 1.79 bits per heavy atom. The van der Waals surface area contributed by atoms with Gasteiger partial charge in [-0.2, -0.15) is 0 Å². The van der Waals surface area contributed by atoms with Crippen LogP contribution in [0.4, 0.5) is 0 Å². The van der Waals surface area contributed by atoms with Crippen molar-refractivity contribution in [3.63, 3.8) is 0 Å². The summed E-state index contributed by atoms with van der Waals surface area (Å²) in [5.74, 6) is -0.315. The Balaban J connectivity index is 0.000000791. The van der Waals surface area contributed by atoms with Gasteiger partial charge in [0.1, 0.15) is 0 Å². The van der Waals surface area contributed by atoms with Gasteiger partial charge in [0, 0.05) is 11.8 Å². The van der Waals surface area contributed by atoms with Crippen molar-refractivity contribution in [3.05, 3.63) is 0 Å². The Hall–Kier alpha value is -0.0800. The summed E-state index contributed by atoms with van der Waals surface area (Å²) in [7, 11) is 0. The van der Waals surface area contributed by atoms with E-state index in [-0.39, 0.29) is 11.2 Å². The summed E-state index contributed by atoms with van der Waals surface area (Å²) >= 11 is 0. The van der Waals surface area contributed by atoms with Crippen LogP contribution in [0.15, 0.2) is 0 Å². The lowest BCUT2D eigenvalue weighted by Gasteiger charge is -2.41. The second-order valence-corrected chi connectivity index (χ2v) is 4.63. The van der Waals surface area contributed by atoms with E-state index < -0.39 is 0 Å². The molecule has 86 valence electrons. The molecule has 0 unspecified atom stereocenters. The second kappa shape index (κ2) is 5.72. The highest BCUT2D eigenvalue weighted by Gasteiger charge is 2.35. The van der Waals surface area contributed by atoms with E-state index in [1.165, 1.54) is 0 Å². The van der Waals surface area contributed by atoms with Crippen LogP contribution in [0, 0.1) is 5.41 Å². The summed E-state index contributed by atoms with van der Waals surface area (Å²) in [5.41, 5.74) is 0.188. The molecule has 0 saturated carbocycles. The maximum Gasteiger partial charge on any atom is 0.165 e. The molecule has 0 aromatic carbocycles. The van der Waals surface area contributed by atoms with Crippen molar-refractivity contribution in [1.82, 2.24) is 0 Å². The van der Waals surface area contributed by atoms with E-state index in [2.05, 4.69) is 20.8 Å². The summed E-state index contributed by atoms with van der Waals surface area (Å²) < 4.78 is 11.4. The quantitative estimate of drug-likeness (QED) is 0.681. The fourth-order valence-corrected chi connectivity index (χ4v) is 1.38. The van der Waals surface area contributed by atoms with Gasteiger partial charge in [0.05, 0.1) is 13.2 Å². The lowest BCUT2D eigenvalue weighted by molar-refractivity contribution is -0.291. The molecule has 1 aliphatic heterocycles. The molecular weight excluding hydrogens is 176 g/mol. The summed E-state index contributed by atoms with van der Waals surface area (Å²) in [4.78, 5) is 0. The third-order valence-electron chi connectivity index (χ3n) is 2.24. The molecule has 0 amide bonds. The first-order valence-corrected chi connectivity index (χ1v) is 5.75. The van der Waals surface area contributed by atoms with Crippen molar-refractivity contribution in [1.29, 1.82) is 0 Å². The van der Waals surface area contributed by atoms with E-state index >= 15 is 0 Å². The van der Waals surface area contributed by atoms with Gasteiger partial charge in [0.2, 0.25) is 0 Å². The highest BCUT2D eigenvalue weighted by molar-refractivity contribution is 4.76. The van der Waals surface area contributed by atoms with Crippen LogP contribution in [0.3, 0.4) is 0 Å². The predicted molar refractivity (Wildman–Crippen MR) is 60.3 cm³/mol. The summed E-state index contributed by atoms with van der Waals surface area (Å²) in [5, 5.41) is 0. The fourth-order valence-electron chi connectivity index (χ4n) is 1.38. The van der Waals surface area contributed by atoms with Crippen molar-refractivity contribution in [2.24, 2.45) is 5.41 Å². The average molecular weight is 202 g/mol. The Morgan fingerprint density at radius 1 is 1.00 bits per heavy atom. The topological polar surface area (TPSA) is 18.5 Å². The molecule has 0 aliphatic carbocycles. The zero-order valence-electron chi connectivity index (χ0n) is 10.6. The van der Waals surface area contributed by atoms with E-state index in [1.54, 1.807) is 0 Å². The molecule has 0 radical (unpaired) electrons. The molecular formula is C12H26O2. The average Bonchev–Trinajstić information content (AvgIpc) is 2.15. The molecule has 2 heteroatoms. The highest BCUT2D eigenvalue weighted by Crippen LogP contribution is 2.31. The van der Waals surface area contributed by atoms with E-state index in [4.69, 9.17) is 9.47 Å². The summed E-state index contributed by atoms with van der Waals surface area (Å²) in [6, 6.07) is 0. The van der Waals surface area contributed by atoms with Crippen molar-refractivity contribution in [2.45, 2.75) is 60.2 Å². The van der Waals surface area contributed by atoms with Crippen LogP contribution in [0.2, 0.25) is 0 Å². The van der Waals surface area contributed by atoms with Gasteiger partial charge in [-0.05, 0) is 6.92 Å². The monoisotopic (exact) mass is 202 g/mol. The van der Waals surface area contributed by atoms with Crippen LogP contribution < -0.4 is 0 Å². The second-order valence-electron chi connectivity index (χ2n) is 4.63. The van der Waals surface area contributed by atoms with Crippen molar-refractivity contribution >= 4 is 0 Å². The Kier molecular flexibility index (Phi) is 5.68. The number of rotatable bonds is 2. The van der Waals surface area contributed by atoms with Gasteiger partial charge in [-0.1, -0.05) is 41.0 Å². The van der Waals surface area contributed by atoms with Crippen LogP contribution in [0.5, 0.6) is 0 Å². The van der Waals surface area contributed by atoms with Crippen molar-refractivity contribution in [2.75, 3.05) is 13.2 Å². The molecule has 1 rings (SSSR count). The van der Waals surface area contributed by atoms with Crippen LogP contribution in [0.1, 0.15) is 54.4 Å². The van der Waals surface area contributed by atoms with Gasteiger partial charge in [-0.25, -0.2) is 0 Å².